The average molecular weight is 268 g/mol. The van der Waals surface area contributed by atoms with Crippen LogP contribution in [-0.2, 0) is 19.4 Å². The number of rotatable bonds is 4. The molecule has 1 aromatic heterocycles. The summed E-state index contributed by atoms with van der Waals surface area (Å²) in [4.78, 5) is 4.96. The third-order valence-electron chi connectivity index (χ3n) is 4.30. The molecule has 0 radical (unpaired) electrons. The molecule has 0 bridgehead atoms. The highest BCUT2D eigenvalue weighted by Gasteiger charge is 2.20. The van der Waals surface area contributed by atoms with Gasteiger partial charge in [-0.2, -0.15) is 0 Å². The van der Waals surface area contributed by atoms with Crippen LogP contribution in [0.15, 0.2) is 12.1 Å². The first-order chi connectivity index (χ1) is 9.70. The lowest BCUT2D eigenvalue weighted by molar-refractivity contribution is 0.674. The highest BCUT2D eigenvalue weighted by atomic mass is 14.8. The molecule has 0 aliphatic heterocycles. The summed E-state index contributed by atoms with van der Waals surface area (Å²) in [6, 6.07) is 4.57. The molecule has 2 nitrogen and oxygen atoms in total. The molecule has 0 saturated heterocycles. The zero-order valence-electron chi connectivity index (χ0n) is 12.8. The molecule has 1 aliphatic carbocycles. The van der Waals surface area contributed by atoms with Crippen LogP contribution >= 0.6 is 0 Å². The maximum Gasteiger partial charge on any atom is 0.0738 e. The van der Waals surface area contributed by atoms with Crippen molar-refractivity contribution in [2.24, 2.45) is 0 Å². The van der Waals surface area contributed by atoms with Crippen LogP contribution < -0.4 is 5.32 Å². The van der Waals surface area contributed by atoms with E-state index in [0.29, 0.717) is 0 Å². The van der Waals surface area contributed by atoms with Crippen LogP contribution in [0.2, 0.25) is 0 Å². The highest BCUT2D eigenvalue weighted by molar-refractivity contribution is 5.87. The van der Waals surface area contributed by atoms with Crippen molar-refractivity contribution in [1.82, 2.24) is 10.3 Å². The molecule has 1 aromatic carbocycles. The number of aromatic nitrogens is 1. The Kier molecular flexibility index (Phi) is 3.75. The molecule has 20 heavy (non-hydrogen) atoms. The Morgan fingerprint density at radius 1 is 1.20 bits per heavy atom. The number of hydrogen-bond donors (Lipinski definition) is 1. The number of pyridine rings is 1. The molecule has 1 N–H and O–H groups in total. The van der Waals surface area contributed by atoms with Gasteiger partial charge >= 0.3 is 0 Å². The lowest BCUT2D eigenvalue weighted by Gasteiger charge is -2.15. The number of hydrogen-bond acceptors (Lipinski definition) is 2. The average Bonchev–Trinajstić information content (AvgIpc) is 2.87. The van der Waals surface area contributed by atoms with Crippen LogP contribution in [0, 0.1) is 13.8 Å². The molecule has 3 rings (SSSR count). The van der Waals surface area contributed by atoms with E-state index >= 15 is 0 Å². The molecule has 2 heteroatoms. The molecule has 106 valence electrons. The van der Waals surface area contributed by atoms with Crippen molar-refractivity contribution in [3.05, 3.63) is 40.1 Å². The monoisotopic (exact) mass is 268 g/mol. The molecule has 0 atom stereocenters. The van der Waals surface area contributed by atoms with Crippen molar-refractivity contribution in [2.45, 2.75) is 53.0 Å². The third-order valence-corrected chi connectivity index (χ3v) is 4.30. The largest absolute Gasteiger partial charge is 0.313 e. The van der Waals surface area contributed by atoms with Crippen molar-refractivity contribution in [3.8, 4) is 0 Å². The van der Waals surface area contributed by atoms with E-state index in [9.17, 15) is 0 Å². The Balaban J connectivity index is 2.17. The number of fused-ring (bicyclic) bond motifs is 2. The summed E-state index contributed by atoms with van der Waals surface area (Å²) in [5.74, 6) is 0. The normalized spacial score (nSPS) is 13.9. The Bertz CT molecular complexity index is 644. The van der Waals surface area contributed by atoms with Crippen molar-refractivity contribution in [1.29, 1.82) is 0 Å². The molecule has 0 saturated carbocycles. The summed E-state index contributed by atoms with van der Waals surface area (Å²) in [5.41, 5.74) is 8.23. The molecule has 0 spiro atoms. The highest BCUT2D eigenvalue weighted by Crippen LogP contribution is 2.31. The van der Waals surface area contributed by atoms with Crippen LogP contribution in [0.4, 0.5) is 0 Å². The first kappa shape index (κ1) is 13.6. The van der Waals surface area contributed by atoms with Gasteiger partial charge in [0.25, 0.3) is 0 Å². The fourth-order valence-electron chi connectivity index (χ4n) is 3.40. The van der Waals surface area contributed by atoms with Gasteiger partial charge in [0.1, 0.15) is 0 Å². The fourth-order valence-corrected chi connectivity index (χ4v) is 3.40. The van der Waals surface area contributed by atoms with Gasteiger partial charge in [-0.1, -0.05) is 18.6 Å². The van der Waals surface area contributed by atoms with Crippen molar-refractivity contribution >= 4 is 10.9 Å². The predicted molar refractivity (Wildman–Crippen MR) is 85.2 cm³/mol. The van der Waals surface area contributed by atoms with E-state index in [0.717, 1.165) is 19.5 Å². The van der Waals surface area contributed by atoms with Gasteiger partial charge < -0.3 is 5.32 Å². The summed E-state index contributed by atoms with van der Waals surface area (Å²) >= 11 is 0. The second-order valence-electron chi connectivity index (χ2n) is 6.02. The summed E-state index contributed by atoms with van der Waals surface area (Å²) in [7, 11) is 0. The summed E-state index contributed by atoms with van der Waals surface area (Å²) in [6.07, 6.45) is 4.80. The van der Waals surface area contributed by atoms with E-state index in [1.54, 1.807) is 0 Å². The maximum absolute atomic E-state index is 4.96. The van der Waals surface area contributed by atoms with Crippen LogP contribution in [0.25, 0.3) is 10.9 Å². The SMILES string of the molecule is CCCNCc1c2c(nc3c(C)cc(C)cc13)CCC2. The quantitative estimate of drug-likeness (QED) is 0.852. The van der Waals surface area contributed by atoms with E-state index in [4.69, 9.17) is 4.98 Å². The molecule has 0 unspecified atom stereocenters. The van der Waals surface area contributed by atoms with Crippen LogP contribution in [0.3, 0.4) is 0 Å². The van der Waals surface area contributed by atoms with Gasteiger partial charge in [-0.05, 0) is 68.8 Å². The maximum atomic E-state index is 4.96. The number of nitrogens with one attached hydrogen (secondary N) is 1. The second kappa shape index (κ2) is 5.53. The molecular weight excluding hydrogens is 244 g/mol. The van der Waals surface area contributed by atoms with Gasteiger partial charge in [0.05, 0.1) is 5.52 Å². The first-order valence-electron chi connectivity index (χ1n) is 7.83. The van der Waals surface area contributed by atoms with Crippen LogP contribution in [0.1, 0.15) is 47.7 Å². The first-order valence-corrected chi connectivity index (χ1v) is 7.83. The fraction of sp³-hybridized carbons (Fsp3) is 0.500. The Labute approximate surface area is 121 Å². The second-order valence-corrected chi connectivity index (χ2v) is 6.02. The van der Waals surface area contributed by atoms with E-state index in [1.165, 1.54) is 58.1 Å². The number of benzene rings is 1. The Hall–Kier alpha value is -1.41. The molecular formula is C18H24N2. The molecule has 2 aromatic rings. The van der Waals surface area contributed by atoms with Crippen LogP contribution in [-0.4, -0.2) is 11.5 Å². The molecule has 0 fully saturated rings. The lowest BCUT2D eigenvalue weighted by Crippen LogP contribution is -2.16. The smallest absolute Gasteiger partial charge is 0.0738 e. The predicted octanol–water partition coefficient (Wildman–Crippen LogP) is 3.84. The van der Waals surface area contributed by atoms with E-state index in [-0.39, 0.29) is 0 Å². The van der Waals surface area contributed by atoms with Gasteiger partial charge in [0, 0.05) is 17.6 Å². The van der Waals surface area contributed by atoms with E-state index in [1.807, 2.05) is 0 Å². The Morgan fingerprint density at radius 3 is 2.85 bits per heavy atom. The van der Waals surface area contributed by atoms with Gasteiger partial charge in [0.2, 0.25) is 0 Å². The van der Waals surface area contributed by atoms with Gasteiger partial charge in [-0.3, -0.25) is 4.98 Å². The zero-order chi connectivity index (χ0) is 14.1. The number of aryl methyl sites for hydroxylation is 3. The minimum Gasteiger partial charge on any atom is -0.313 e. The minimum absolute atomic E-state index is 0.984. The zero-order valence-corrected chi connectivity index (χ0v) is 12.8. The van der Waals surface area contributed by atoms with E-state index < -0.39 is 0 Å². The molecule has 1 aliphatic rings. The minimum atomic E-state index is 0.984. The lowest BCUT2D eigenvalue weighted by atomic mass is 9.97. The summed E-state index contributed by atoms with van der Waals surface area (Å²) < 4.78 is 0. The van der Waals surface area contributed by atoms with Crippen LogP contribution in [0.5, 0.6) is 0 Å². The standard InChI is InChI=1S/C18H24N2/c1-4-8-19-11-16-14-6-5-7-17(14)20-18-13(3)9-12(2)10-15(16)18/h9-10,19H,4-8,11H2,1-3H3. The molecule has 0 amide bonds. The number of nitrogens with zero attached hydrogens (tertiary/aromatic N) is 1. The van der Waals surface area contributed by atoms with E-state index in [2.05, 4.69) is 38.2 Å². The molecule has 1 heterocycles. The topological polar surface area (TPSA) is 24.9 Å². The van der Waals surface area contributed by atoms with Gasteiger partial charge in [-0.15, -0.1) is 0 Å². The van der Waals surface area contributed by atoms with Crippen molar-refractivity contribution in [2.75, 3.05) is 6.54 Å². The Morgan fingerprint density at radius 2 is 2.05 bits per heavy atom. The van der Waals surface area contributed by atoms with Crippen molar-refractivity contribution in [3.63, 3.8) is 0 Å². The van der Waals surface area contributed by atoms with Crippen molar-refractivity contribution < 1.29 is 0 Å². The van der Waals surface area contributed by atoms with Gasteiger partial charge in [0.15, 0.2) is 0 Å². The third kappa shape index (κ3) is 2.33. The summed E-state index contributed by atoms with van der Waals surface area (Å²) in [6.45, 7) is 8.66. The van der Waals surface area contributed by atoms with Gasteiger partial charge in [-0.25, -0.2) is 0 Å². The summed E-state index contributed by atoms with van der Waals surface area (Å²) in [5, 5.41) is 4.95.